The lowest BCUT2D eigenvalue weighted by molar-refractivity contribution is -0.120. The first-order valence-electron chi connectivity index (χ1n) is 5.47. The van der Waals surface area contributed by atoms with Crippen molar-refractivity contribution in [2.24, 2.45) is 0 Å². The summed E-state index contributed by atoms with van der Waals surface area (Å²) in [5.74, 6) is 0.0588. The van der Waals surface area contributed by atoms with Crippen LogP contribution in [0.1, 0.15) is 12.0 Å². The molecule has 1 atom stereocenters. The summed E-state index contributed by atoms with van der Waals surface area (Å²) in [6, 6.07) is 7.74. The third kappa shape index (κ3) is 2.73. The Labute approximate surface area is 94.8 Å². The molecule has 4 heteroatoms. The van der Waals surface area contributed by atoms with Gasteiger partial charge in [-0.1, -0.05) is 18.2 Å². The Balaban J connectivity index is 1.99. The average molecular weight is 220 g/mol. The van der Waals surface area contributed by atoms with Gasteiger partial charge in [0, 0.05) is 25.1 Å². The summed E-state index contributed by atoms with van der Waals surface area (Å²) in [6.45, 7) is 1.05. The number of nitrogens with one attached hydrogen (secondary N) is 1. The van der Waals surface area contributed by atoms with Crippen molar-refractivity contribution in [2.75, 3.05) is 18.9 Å². The van der Waals surface area contributed by atoms with Crippen LogP contribution in [0.4, 0.5) is 5.69 Å². The zero-order valence-electron chi connectivity index (χ0n) is 9.11. The second-order valence-electron chi connectivity index (χ2n) is 3.95. The molecule has 1 aromatic carbocycles. The maximum atomic E-state index is 11.1. The summed E-state index contributed by atoms with van der Waals surface area (Å²) in [5, 5.41) is 2.83. The van der Waals surface area contributed by atoms with Crippen molar-refractivity contribution in [2.45, 2.75) is 18.9 Å². The van der Waals surface area contributed by atoms with Crippen molar-refractivity contribution in [3.05, 3.63) is 29.8 Å². The summed E-state index contributed by atoms with van der Waals surface area (Å²) in [5.41, 5.74) is 7.71. The molecule has 86 valence electrons. The van der Waals surface area contributed by atoms with Gasteiger partial charge >= 0.3 is 0 Å². The number of anilines is 1. The first-order valence-corrected chi connectivity index (χ1v) is 5.47. The molecule has 1 aliphatic rings. The number of amides is 1. The number of hydrogen-bond acceptors (Lipinski definition) is 3. The first kappa shape index (κ1) is 11.0. The van der Waals surface area contributed by atoms with Crippen molar-refractivity contribution in [1.82, 2.24) is 5.32 Å². The van der Waals surface area contributed by atoms with E-state index in [2.05, 4.69) is 5.32 Å². The van der Waals surface area contributed by atoms with E-state index in [9.17, 15) is 4.79 Å². The van der Waals surface area contributed by atoms with E-state index in [1.54, 1.807) is 0 Å². The molecule has 1 saturated heterocycles. The first-order chi connectivity index (χ1) is 7.75. The van der Waals surface area contributed by atoms with E-state index in [1.807, 2.05) is 24.3 Å². The molecular formula is C12H16N2O2. The van der Waals surface area contributed by atoms with Gasteiger partial charge < -0.3 is 15.8 Å². The van der Waals surface area contributed by atoms with Crippen molar-refractivity contribution in [3.63, 3.8) is 0 Å². The number of carbonyl (C=O) groups excluding carboxylic acids is 1. The van der Waals surface area contributed by atoms with Crippen LogP contribution in [0.2, 0.25) is 0 Å². The van der Waals surface area contributed by atoms with Crippen molar-refractivity contribution < 1.29 is 9.53 Å². The third-order valence-electron chi connectivity index (χ3n) is 2.71. The predicted molar refractivity (Wildman–Crippen MR) is 61.9 cm³/mol. The molecule has 3 N–H and O–H groups in total. The zero-order valence-corrected chi connectivity index (χ0v) is 9.11. The van der Waals surface area contributed by atoms with Crippen molar-refractivity contribution in [3.8, 4) is 0 Å². The van der Waals surface area contributed by atoms with Gasteiger partial charge in [0.2, 0.25) is 5.91 Å². The Bertz CT molecular complexity index is 379. The lowest BCUT2D eigenvalue weighted by Gasteiger charge is -2.15. The Hall–Kier alpha value is -1.55. The lowest BCUT2D eigenvalue weighted by atomic mass is 10.1. The van der Waals surface area contributed by atoms with E-state index in [-0.39, 0.29) is 12.0 Å². The number of hydrogen-bond donors (Lipinski definition) is 2. The average Bonchev–Trinajstić information content (AvgIpc) is 2.47. The van der Waals surface area contributed by atoms with Gasteiger partial charge in [-0.05, 0) is 11.6 Å². The highest BCUT2D eigenvalue weighted by Gasteiger charge is 2.17. The van der Waals surface area contributed by atoms with E-state index in [1.165, 1.54) is 0 Å². The van der Waals surface area contributed by atoms with Gasteiger partial charge in [-0.25, -0.2) is 0 Å². The van der Waals surface area contributed by atoms with Gasteiger partial charge in [0.05, 0.1) is 12.7 Å². The van der Waals surface area contributed by atoms with Crippen LogP contribution in [-0.2, 0) is 16.0 Å². The minimum absolute atomic E-state index is 0.0242. The smallest absolute Gasteiger partial charge is 0.222 e. The maximum absolute atomic E-state index is 11.1. The van der Waals surface area contributed by atoms with Crippen LogP contribution in [0.15, 0.2) is 24.3 Å². The number of nitrogens with two attached hydrogens (primary N) is 1. The van der Waals surface area contributed by atoms with Crippen molar-refractivity contribution >= 4 is 11.6 Å². The number of carbonyl (C=O) groups is 1. The number of nitrogen functional groups attached to an aromatic ring is 1. The number of para-hydroxylation sites is 1. The maximum Gasteiger partial charge on any atom is 0.222 e. The highest BCUT2D eigenvalue weighted by Crippen LogP contribution is 2.14. The second kappa shape index (κ2) is 4.99. The van der Waals surface area contributed by atoms with Crippen LogP contribution < -0.4 is 11.1 Å². The molecule has 0 spiro atoms. The minimum Gasteiger partial charge on any atom is -0.399 e. The van der Waals surface area contributed by atoms with E-state index in [0.717, 1.165) is 17.7 Å². The normalized spacial score (nSPS) is 21.2. The molecule has 1 fully saturated rings. The second-order valence-corrected chi connectivity index (χ2v) is 3.95. The highest BCUT2D eigenvalue weighted by molar-refractivity contribution is 5.76. The number of ether oxygens (including phenoxy) is 1. The molecule has 2 rings (SSSR count). The van der Waals surface area contributed by atoms with Crippen LogP contribution in [-0.4, -0.2) is 25.2 Å². The van der Waals surface area contributed by atoms with E-state index >= 15 is 0 Å². The van der Waals surface area contributed by atoms with Gasteiger partial charge in [0.15, 0.2) is 0 Å². The van der Waals surface area contributed by atoms with Gasteiger partial charge in [-0.2, -0.15) is 0 Å². The fourth-order valence-electron chi connectivity index (χ4n) is 1.79. The monoisotopic (exact) mass is 220 g/mol. The van der Waals surface area contributed by atoms with E-state index < -0.39 is 0 Å². The largest absolute Gasteiger partial charge is 0.399 e. The van der Waals surface area contributed by atoms with Gasteiger partial charge in [0.25, 0.3) is 0 Å². The molecule has 4 nitrogen and oxygen atoms in total. The predicted octanol–water partition coefficient (Wildman–Crippen LogP) is 0.716. The lowest BCUT2D eigenvalue weighted by Crippen LogP contribution is -2.30. The topological polar surface area (TPSA) is 64.3 Å². The fraction of sp³-hybridized carbons (Fsp3) is 0.417. The fourth-order valence-corrected chi connectivity index (χ4v) is 1.79. The van der Waals surface area contributed by atoms with Crippen LogP contribution in [0, 0.1) is 0 Å². The van der Waals surface area contributed by atoms with Gasteiger partial charge in [-0.15, -0.1) is 0 Å². The molecule has 1 aliphatic heterocycles. The standard InChI is InChI=1S/C12H16N2O2/c13-11-4-2-1-3-9(11)7-10-8-14-12(15)5-6-16-10/h1-4,10H,5-8,13H2,(H,14,15). The van der Waals surface area contributed by atoms with Crippen molar-refractivity contribution in [1.29, 1.82) is 0 Å². The van der Waals surface area contributed by atoms with E-state index in [0.29, 0.717) is 19.6 Å². The highest BCUT2D eigenvalue weighted by atomic mass is 16.5. The number of rotatable bonds is 2. The summed E-state index contributed by atoms with van der Waals surface area (Å²) < 4.78 is 5.59. The molecule has 0 aromatic heterocycles. The summed E-state index contributed by atoms with van der Waals surface area (Å²) >= 11 is 0. The molecule has 1 heterocycles. The minimum atomic E-state index is 0.0242. The number of benzene rings is 1. The van der Waals surface area contributed by atoms with Gasteiger partial charge in [-0.3, -0.25) is 4.79 Å². The summed E-state index contributed by atoms with van der Waals surface area (Å²) in [7, 11) is 0. The molecule has 16 heavy (non-hydrogen) atoms. The molecule has 0 aliphatic carbocycles. The summed E-state index contributed by atoms with van der Waals surface area (Å²) in [4.78, 5) is 11.1. The quantitative estimate of drug-likeness (QED) is 0.722. The Kier molecular flexibility index (Phi) is 3.41. The molecule has 0 radical (unpaired) electrons. The molecule has 0 bridgehead atoms. The van der Waals surface area contributed by atoms with Gasteiger partial charge in [0.1, 0.15) is 0 Å². The molecule has 1 aromatic rings. The third-order valence-corrected chi connectivity index (χ3v) is 2.71. The zero-order chi connectivity index (χ0) is 11.4. The van der Waals surface area contributed by atoms with Crippen LogP contribution in [0.5, 0.6) is 0 Å². The van der Waals surface area contributed by atoms with E-state index in [4.69, 9.17) is 10.5 Å². The molecular weight excluding hydrogens is 204 g/mol. The summed E-state index contributed by atoms with van der Waals surface area (Å²) in [6.07, 6.45) is 1.21. The Morgan fingerprint density at radius 2 is 2.25 bits per heavy atom. The van der Waals surface area contributed by atoms with Crippen LogP contribution in [0.3, 0.4) is 0 Å². The molecule has 1 unspecified atom stereocenters. The Morgan fingerprint density at radius 3 is 3.06 bits per heavy atom. The molecule has 0 saturated carbocycles. The van der Waals surface area contributed by atoms with Crippen LogP contribution in [0.25, 0.3) is 0 Å². The SMILES string of the molecule is Nc1ccccc1CC1CNC(=O)CCO1. The molecule has 1 amide bonds. The van der Waals surface area contributed by atoms with Crippen LogP contribution >= 0.6 is 0 Å². The Morgan fingerprint density at radius 1 is 1.44 bits per heavy atom.